The van der Waals surface area contributed by atoms with Gasteiger partial charge < -0.3 is 10.2 Å². The van der Waals surface area contributed by atoms with Crippen molar-refractivity contribution in [3.63, 3.8) is 0 Å². The lowest BCUT2D eigenvalue weighted by Crippen LogP contribution is -2.29. The number of carbonyl (C=O) groups excluding carboxylic acids is 2. The highest BCUT2D eigenvalue weighted by molar-refractivity contribution is 7.16. The first-order valence-electron chi connectivity index (χ1n) is 7.58. The van der Waals surface area contributed by atoms with Crippen molar-refractivity contribution in [3.8, 4) is 0 Å². The first-order valence-corrected chi connectivity index (χ1v) is 8.77. The summed E-state index contributed by atoms with van der Waals surface area (Å²) >= 11 is 7.27. The molecule has 0 unspecified atom stereocenters. The maximum Gasteiger partial charge on any atom is 0.254 e. The Morgan fingerprint density at radius 2 is 2.00 bits per heavy atom. The van der Waals surface area contributed by atoms with Crippen LogP contribution >= 0.6 is 22.9 Å². The zero-order valence-electron chi connectivity index (χ0n) is 13.5. The third kappa shape index (κ3) is 5.79. The van der Waals surface area contributed by atoms with E-state index < -0.39 is 17.5 Å². The summed E-state index contributed by atoms with van der Waals surface area (Å²) in [7, 11) is 1.70. The van der Waals surface area contributed by atoms with E-state index in [0.717, 1.165) is 17.0 Å². The molecular formula is C17H17ClF2N2O2S. The van der Waals surface area contributed by atoms with Crippen molar-refractivity contribution in [2.75, 3.05) is 13.6 Å². The van der Waals surface area contributed by atoms with Crippen molar-refractivity contribution >= 4 is 34.8 Å². The molecule has 25 heavy (non-hydrogen) atoms. The molecule has 0 aliphatic heterocycles. The Morgan fingerprint density at radius 3 is 2.64 bits per heavy atom. The summed E-state index contributed by atoms with van der Waals surface area (Å²) in [6, 6.07) is 6.42. The summed E-state index contributed by atoms with van der Waals surface area (Å²) in [6.07, 6.45) is 0.671. The van der Waals surface area contributed by atoms with Gasteiger partial charge in [-0.1, -0.05) is 11.6 Å². The first-order chi connectivity index (χ1) is 11.9. The lowest BCUT2D eigenvalue weighted by atomic mass is 10.2. The van der Waals surface area contributed by atoms with E-state index in [1.165, 1.54) is 11.3 Å². The van der Waals surface area contributed by atoms with Gasteiger partial charge in [0.1, 0.15) is 11.6 Å². The van der Waals surface area contributed by atoms with Crippen LogP contribution in [0.5, 0.6) is 0 Å². The van der Waals surface area contributed by atoms with Crippen LogP contribution in [0.2, 0.25) is 4.34 Å². The van der Waals surface area contributed by atoms with E-state index in [1.807, 2.05) is 6.07 Å². The summed E-state index contributed by atoms with van der Waals surface area (Å²) < 4.78 is 27.0. The van der Waals surface area contributed by atoms with Crippen LogP contribution in [-0.4, -0.2) is 30.3 Å². The second-order valence-corrected chi connectivity index (χ2v) is 7.24. The molecule has 134 valence electrons. The Balaban J connectivity index is 1.72. The minimum atomic E-state index is -0.914. The summed E-state index contributed by atoms with van der Waals surface area (Å²) in [5, 5.41) is 2.52. The maximum atomic E-state index is 13.5. The van der Waals surface area contributed by atoms with Gasteiger partial charge in [0.2, 0.25) is 5.91 Å². The van der Waals surface area contributed by atoms with Gasteiger partial charge in [0.25, 0.3) is 5.91 Å². The number of hydrogen-bond donors (Lipinski definition) is 1. The Kier molecular flexibility index (Phi) is 6.90. The maximum absolute atomic E-state index is 13.5. The fourth-order valence-electron chi connectivity index (χ4n) is 2.16. The molecule has 0 atom stereocenters. The molecule has 1 heterocycles. The number of nitrogens with zero attached hydrogens (tertiary/aromatic N) is 1. The standard InChI is InChI=1S/C17H17ClF2N2O2S/c1-22(10-12-5-7-15(18)25-12)16(23)3-2-8-21-17(24)13-6-4-11(19)9-14(13)20/h4-7,9H,2-3,8,10H2,1H3,(H,21,24). The van der Waals surface area contributed by atoms with Crippen LogP contribution in [0.1, 0.15) is 28.1 Å². The zero-order chi connectivity index (χ0) is 18.4. The van der Waals surface area contributed by atoms with Crippen LogP contribution in [0.3, 0.4) is 0 Å². The van der Waals surface area contributed by atoms with E-state index in [-0.39, 0.29) is 24.4 Å². The highest BCUT2D eigenvalue weighted by atomic mass is 35.5. The zero-order valence-corrected chi connectivity index (χ0v) is 15.1. The Labute approximate surface area is 153 Å². The number of amides is 2. The number of benzene rings is 1. The second kappa shape index (κ2) is 8.92. The van der Waals surface area contributed by atoms with E-state index in [4.69, 9.17) is 11.6 Å². The van der Waals surface area contributed by atoms with Gasteiger partial charge >= 0.3 is 0 Å². The third-order valence-electron chi connectivity index (χ3n) is 3.48. The van der Waals surface area contributed by atoms with Crippen LogP contribution < -0.4 is 5.32 Å². The minimum absolute atomic E-state index is 0.0632. The van der Waals surface area contributed by atoms with E-state index in [1.54, 1.807) is 18.0 Å². The van der Waals surface area contributed by atoms with E-state index in [9.17, 15) is 18.4 Å². The van der Waals surface area contributed by atoms with Crippen molar-refractivity contribution in [1.29, 1.82) is 0 Å². The molecule has 0 radical (unpaired) electrons. The van der Waals surface area contributed by atoms with Crippen molar-refractivity contribution in [2.45, 2.75) is 19.4 Å². The van der Waals surface area contributed by atoms with Gasteiger partial charge in [0.05, 0.1) is 16.4 Å². The number of hydrogen-bond acceptors (Lipinski definition) is 3. The Hall–Kier alpha value is -1.99. The van der Waals surface area contributed by atoms with Crippen LogP contribution in [0.4, 0.5) is 8.78 Å². The van der Waals surface area contributed by atoms with Gasteiger partial charge in [-0.25, -0.2) is 8.78 Å². The Morgan fingerprint density at radius 1 is 1.24 bits per heavy atom. The quantitative estimate of drug-likeness (QED) is 0.735. The highest BCUT2D eigenvalue weighted by Gasteiger charge is 2.13. The van der Waals surface area contributed by atoms with Crippen LogP contribution in [0.15, 0.2) is 30.3 Å². The van der Waals surface area contributed by atoms with Crippen molar-refractivity contribution in [1.82, 2.24) is 10.2 Å². The summed E-state index contributed by atoms with van der Waals surface area (Å²) in [4.78, 5) is 26.4. The van der Waals surface area contributed by atoms with Crippen LogP contribution in [0, 0.1) is 11.6 Å². The molecular weight excluding hydrogens is 370 g/mol. The van der Waals surface area contributed by atoms with Gasteiger partial charge in [0, 0.05) is 31.0 Å². The van der Waals surface area contributed by atoms with Gasteiger partial charge in [0.15, 0.2) is 0 Å². The molecule has 0 saturated heterocycles. The predicted molar refractivity (Wildman–Crippen MR) is 93.7 cm³/mol. The number of carbonyl (C=O) groups is 2. The van der Waals surface area contributed by atoms with Crippen molar-refractivity contribution in [3.05, 3.63) is 56.7 Å². The number of rotatable bonds is 7. The Bertz CT molecular complexity index is 767. The van der Waals surface area contributed by atoms with Crippen LogP contribution in [-0.2, 0) is 11.3 Å². The second-order valence-electron chi connectivity index (χ2n) is 5.44. The van der Waals surface area contributed by atoms with Gasteiger partial charge in [-0.3, -0.25) is 9.59 Å². The molecule has 0 spiro atoms. The van der Waals surface area contributed by atoms with Crippen molar-refractivity contribution in [2.24, 2.45) is 0 Å². The van der Waals surface area contributed by atoms with Gasteiger partial charge in [-0.15, -0.1) is 11.3 Å². The molecule has 0 aliphatic rings. The van der Waals surface area contributed by atoms with Gasteiger partial charge in [-0.2, -0.15) is 0 Å². The number of thiophene rings is 1. The number of nitrogens with one attached hydrogen (secondary N) is 1. The molecule has 8 heteroatoms. The molecule has 1 aromatic heterocycles. The SMILES string of the molecule is CN(Cc1ccc(Cl)s1)C(=O)CCCNC(=O)c1ccc(F)cc1F. The van der Waals surface area contributed by atoms with E-state index in [2.05, 4.69) is 5.32 Å². The van der Waals surface area contributed by atoms with E-state index >= 15 is 0 Å². The summed E-state index contributed by atoms with van der Waals surface area (Å²) in [5.41, 5.74) is -0.223. The largest absolute Gasteiger partial charge is 0.352 e. The molecule has 4 nitrogen and oxygen atoms in total. The first kappa shape index (κ1) is 19.3. The fourth-order valence-corrected chi connectivity index (χ4v) is 3.30. The van der Waals surface area contributed by atoms with E-state index in [0.29, 0.717) is 23.4 Å². The fraction of sp³-hybridized carbons (Fsp3) is 0.294. The molecule has 1 aromatic carbocycles. The molecule has 2 amide bonds. The summed E-state index contributed by atoms with van der Waals surface area (Å²) in [6.45, 7) is 0.698. The monoisotopic (exact) mass is 386 g/mol. The smallest absolute Gasteiger partial charge is 0.254 e. The molecule has 2 aromatic rings. The molecule has 2 rings (SSSR count). The van der Waals surface area contributed by atoms with Crippen LogP contribution in [0.25, 0.3) is 0 Å². The lowest BCUT2D eigenvalue weighted by Gasteiger charge is -2.16. The summed E-state index contributed by atoms with van der Waals surface area (Å²) in [5.74, 6) is -2.35. The number of halogens is 3. The van der Waals surface area contributed by atoms with Crippen molar-refractivity contribution < 1.29 is 18.4 Å². The molecule has 0 bridgehead atoms. The lowest BCUT2D eigenvalue weighted by molar-refractivity contribution is -0.130. The normalized spacial score (nSPS) is 10.6. The topological polar surface area (TPSA) is 49.4 Å². The highest BCUT2D eigenvalue weighted by Crippen LogP contribution is 2.22. The molecule has 0 saturated carbocycles. The average molecular weight is 387 g/mol. The molecule has 1 N–H and O–H groups in total. The molecule has 0 fully saturated rings. The third-order valence-corrected chi connectivity index (χ3v) is 4.69. The average Bonchev–Trinajstić information content (AvgIpc) is 2.96. The minimum Gasteiger partial charge on any atom is -0.352 e. The predicted octanol–water partition coefficient (Wildman–Crippen LogP) is 3.85. The molecule has 0 aliphatic carbocycles. The van der Waals surface area contributed by atoms with Gasteiger partial charge in [-0.05, 0) is 30.7 Å².